The van der Waals surface area contributed by atoms with Crippen LogP contribution in [0, 0.1) is 13.8 Å². The van der Waals surface area contributed by atoms with E-state index in [-0.39, 0.29) is 12.0 Å². The lowest BCUT2D eigenvalue weighted by atomic mass is 10.1. The highest BCUT2D eigenvalue weighted by molar-refractivity contribution is 5.76. The van der Waals surface area contributed by atoms with Crippen molar-refractivity contribution in [2.45, 2.75) is 52.2 Å². The van der Waals surface area contributed by atoms with E-state index in [0.717, 1.165) is 37.3 Å². The van der Waals surface area contributed by atoms with Gasteiger partial charge in [-0.3, -0.25) is 9.48 Å². The molecule has 0 aliphatic carbocycles. The molecule has 5 heteroatoms. The molecule has 1 N–H and O–H groups in total. The molecular formula is C16H25N3O2. The number of carbonyl (C=O) groups is 1. The molecule has 2 heterocycles. The quantitative estimate of drug-likeness (QED) is 0.781. The fourth-order valence-electron chi connectivity index (χ4n) is 2.76. The number of ether oxygens (including phenoxy) is 1. The molecule has 0 spiro atoms. The molecule has 0 radical (unpaired) electrons. The lowest BCUT2D eigenvalue weighted by Crippen LogP contribution is -2.31. The Balaban J connectivity index is 1.81. The maximum Gasteiger partial charge on any atom is 0.220 e. The SMILES string of the molecule is C=CCn1nc(C)c(CCC(=O)NC[C@@H]2CCCO2)c1C. The minimum absolute atomic E-state index is 0.0840. The standard InChI is InChI=1S/C16H25N3O2/c1-4-9-19-13(3)15(12(2)18-19)7-8-16(20)17-11-14-6-5-10-21-14/h4,14H,1,5-11H2,2-3H3,(H,17,20)/t14-/m0/s1. The van der Waals surface area contributed by atoms with Gasteiger partial charge >= 0.3 is 0 Å². The number of allylic oxidation sites excluding steroid dienone is 1. The fourth-order valence-corrected chi connectivity index (χ4v) is 2.76. The zero-order valence-electron chi connectivity index (χ0n) is 13.0. The van der Waals surface area contributed by atoms with E-state index < -0.39 is 0 Å². The molecule has 1 saturated heterocycles. The smallest absolute Gasteiger partial charge is 0.220 e. The molecular weight excluding hydrogens is 266 g/mol. The van der Waals surface area contributed by atoms with Crippen LogP contribution in [-0.4, -0.2) is 34.9 Å². The van der Waals surface area contributed by atoms with Crippen LogP contribution >= 0.6 is 0 Å². The van der Waals surface area contributed by atoms with E-state index in [9.17, 15) is 4.79 Å². The summed E-state index contributed by atoms with van der Waals surface area (Å²) in [5.41, 5.74) is 3.30. The summed E-state index contributed by atoms with van der Waals surface area (Å²) in [6.07, 6.45) is 5.40. The molecule has 0 unspecified atom stereocenters. The summed E-state index contributed by atoms with van der Waals surface area (Å²) in [6.45, 7) is 9.93. The maximum atomic E-state index is 11.9. The first-order valence-electron chi connectivity index (χ1n) is 7.64. The van der Waals surface area contributed by atoms with Gasteiger partial charge in [0.05, 0.1) is 18.3 Å². The number of nitrogens with one attached hydrogen (secondary N) is 1. The molecule has 0 bridgehead atoms. The van der Waals surface area contributed by atoms with Gasteiger partial charge in [0.25, 0.3) is 0 Å². The minimum atomic E-state index is 0.0840. The first kappa shape index (κ1) is 15.8. The number of amides is 1. The van der Waals surface area contributed by atoms with Crippen LogP contribution in [0.1, 0.15) is 36.2 Å². The Bertz CT molecular complexity index is 502. The topological polar surface area (TPSA) is 56.2 Å². The number of carbonyl (C=O) groups excluding carboxylic acids is 1. The first-order valence-corrected chi connectivity index (χ1v) is 7.64. The summed E-state index contributed by atoms with van der Waals surface area (Å²) < 4.78 is 7.43. The van der Waals surface area contributed by atoms with Gasteiger partial charge < -0.3 is 10.1 Å². The van der Waals surface area contributed by atoms with Gasteiger partial charge in [0, 0.05) is 25.3 Å². The van der Waals surface area contributed by atoms with E-state index in [1.807, 2.05) is 24.6 Å². The molecule has 1 fully saturated rings. The monoisotopic (exact) mass is 291 g/mol. The van der Waals surface area contributed by atoms with E-state index in [2.05, 4.69) is 17.0 Å². The molecule has 116 valence electrons. The Morgan fingerprint density at radius 2 is 2.38 bits per heavy atom. The summed E-state index contributed by atoms with van der Waals surface area (Å²) in [4.78, 5) is 11.9. The van der Waals surface area contributed by atoms with E-state index in [4.69, 9.17) is 4.74 Å². The van der Waals surface area contributed by atoms with E-state index in [1.54, 1.807) is 0 Å². The van der Waals surface area contributed by atoms with Gasteiger partial charge in [-0.15, -0.1) is 6.58 Å². The van der Waals surface area contributed by atoms with Crippen molar-refractivity contribution in [2.24, 2.45) is 0 Å². The van der Waals surface area contributed by atoms with Crippen molar-refractivity contribution in [3.05, 3.63) is 29.6 Å². The predicted molar refractivity (Wildman–Crippen MR) is 82.2 cm³/mol. The van der Waals surface area contributed by atoms with Crippen molar-refractivity contribution < 1.29 is 9.53 Å². The van der Waals surface area contributed by atoms with Gasteiger partial charge in [0.1, 0.15) is 0 Å². The highest BCUT2D eigenvalue weighted by atomic mass is 16.5. The largest absolute Gasteiger partial charge is 0.376 e. The van der Waals surface area contributed by atoms with Crippen LogP contribution in [-0.2, 0) is 22.5 Å². The second-order valence-electron chi connectivity index (χ2n) is 5.56. The number of hydrogen-bond acceptors (Lipinski definition) is 3. The fraction of sp³-hybridized carbons (Fsp3) is 0.625. The Kier molecular flexibility index (Phi) is 5.56. The molecule has 1 aliphatic rings. The van der Waals surface area contributed by atoms with Gasteiger partial charge in [-0.25, -0.2) is 0 Å². The van der Waals surface area contributed by atoms with Crippen LogP contribution in [0.25, 0.3) is 0 Å². The predicted octanol–water partition coefficient (Wildman–Crippen LogP) is 1.91. The van der Waals surface area contributed by atoms with Crippen molar-refractivity contribution in [3.8, 4) is 0 Å². The van der Waals surface area contributed by atoms with E-state index >= 15 is 0 Å². The average molecular weight is 291 g/mol. The summed E-state index contributed by atoms with van der Waals surface area (Å²) in [5.74, 6) is 0.0840. The zero-order valence-corrected chi connectivity index (χ0v) is 13.0. The van der Waals surface area contributed by atoms with Crippen LogP contribution in [0.4, 0.5) is 0 Å². The summed E-state index contributed by atoms with van der Waals surface area (Å²) in [5, 5.41) is 7.44. The Morgan fingerprint density at radius 1 is 1.57 bits per heavy atom. The summed E-state index contributed by atoms with van der Waals surface area (Å²) >= 11 is 0. The highest BCUT2D eigenvalue weighted by Gasteiger charge is 2.17. The minimum Gasteiger partial charge on any atom is -0.376 e. The van der Waals surface area contributed by atoms with Gasteiger partial charge in [0.15, 0.2) is 0 Å². The molecule has 1 aliphatic heterocycles. The molecule has 0 saturated carbocycles. The molecule has 1 aromatic rings. The second-order valence-corrected chi connectivity index (χ2v) is 5.56. The van der Waals surface area contributed by atoms with Crippen molar-refractivity contribution in [2.75, 3.05) is 13.2 Å². The van der Waals surface area contributed by atoms with Crippen LogP contribution in [0.2, 0.25) is 0 Å². The number of aryl methyl sites for hydroxylation is 1. The van der Waals surface area contributed by atoms with Crippen LogP contribution in [0.3, 0.4) is 0 Å². The van der Waals surface area contributed by atoms with E-state index in [0.29, 0.717) is 19.5 Å². The number of aromatic nitrogens is 2. The third kappa shape index (κ3) is 4.17. The maximum absolute atomic E-state index is 11.9. The third-order valence-electron chi connectivity index (χ3n) is 3.99. The Morgan fingerprint density at radius 3 is 3.05 bits per heavy atom. The summed E-state index contributed by atoms with van der Waals surface area (Å²) in [7, 11) is 0. The molecule has 2 rings (SSSR count). The first-order chi connectivity index (χ1) is 10.1. The summed E-state index contributed by atoms with van der Waals surface area (Å²) in [6, 6.07) is 0. The third-order valence-corrected chi connectivity index (χ3v) is 3.99. The van der Waals surface area contributed by atoms with Crippen LogP contribution in [0.5, 0.6) is 0 Å². The molecule has 21 heavy (non-hydrogen) atoms. The Labute approximate surface area is 126 Å². The van der Waals surface area contributed by atoms with Crippen molar-refractivity contribution in [3.63, 3.8) is 0 Å². The number of hydrogen-bond donors (Lipinski definition) is 1. The number of nitrogens with zero attached hydrogens (tertiary/aromatic N) is 2. The molecule has 1 amide bonds. The van der Waals surface area contributed by atoms with Gasteiger partial charge in [-0.1, -0.05) is 6.08 Å². The molecule has 0 aromatic carbocycles. The van der Waals surface area contributed by atoms with Crippen LogP contribution < -0.4 is 5.32 Å². The van der Waals surface area contributed by atoms with Crippen molar-refractivity contribution in [1.29, 1.82) is 0 Å². The Hall–Kier alpha value is -1.62. The zero-order chi connectivity index (χ0) is 15.2. The van der Waals surface area contributed by atoms with Crippen molar-refractivity contribution in [1.82, 2.24) is 15.1 Å². The lowest BCUT2D eigenvalue weighted by Gasteiger charge is -2.10. The normalized spacial score (nSPS) is 17.9. The second kappa shape index (κ2) is 7.41. The van der Waals surface area contributed by atoms with Gasteiger partial charge in [-0.2, -0.15) is 5.10 Å². The molecule has 1 atom stereocenters. The average Bonchev–Trinajstić information content (AvgIpc) is 3.05. The number of rotatable bonds is 7. The van der Waals surface area contributed by atoms with E-state index in [1.165, 1.54) is 5.56 Å². The highest BCUT2D eigenvalue weighted by Crippen LogP contribution is 2.15. The van der Waals surface area contributed by atoms with Gasteiger partial charge in [-0.05, 0) is 38.7 Å². The molecule has 5 nitrogen and oxygen atoms in total. The molecule has 1 aromatic heterocycles. The lowest BCUT2D eigenvalue weighted by molar-refractivity contribution is -0.121. The van der Waals surface area contributed by atoms with Gasteiger partial charge in [0.2, 0.25) is 5.91 Å². The van der Waals surface area contributed by atoms with Crippen molar-refractivity contribution >= 4 is 5.91 Å². The van der Waals surface area contributed by atoms with Crippen LogP contribution in [0.15, 0.2) is 12.7 Å².